The lowest BCUT2D eigenvalue weighted by atomic mass is 10.2. The molecule has 0 aliphatic carbocycles. The molecule has 1 aromatic carbocycles. The summed E-state index contributed by atoms with van der Waals surface area (Å²) in [6, 6.07) is 5.13. The molecular weight excluding hydrogens is 250 g/mol. The molecule has 0 unspecified atom stereocenters. The number of benzene rings is 1. The Hall–Kier alpha value is -1.95. The number of rotatable bonds is 3. The molecule has 0 spiro atoms. The lowest BCUT2D eigenvalue weighted by Crippen LogP contribution is -2.17. The minimum Gasteiger partial charge on any atom is -0.439 e. The number of nitrogens with zero attached hydrogens (tertiary/aromatic N) is 1. The molecule has 2 aromatic rings. The lowest BCUT2D eigenvalue weighted by Gasteiger charge is -2.05. The summed E-state index contributed by atoms with van der Waals surface area (Å²) in [5, 5.41) is 3.08. The topological polar surface area (TPSA) is 81.2 Å². The van der Waals surface area contributed by atoms with Gasteiger partial charge >= 0.3 is 0 Å². The Balaban J connectivity index is 2.22. The molecule has 0 aliphatic heterocycles. The summed E-state index contributed by atoms with van der Waals surface area (Å²) < 4.78 is 5.24. The van der Waals surface area contributed by atoms with E-state index < -0.39 is 0 Å². The Morgan fingerprint density at radius 3 is 2.83 bits per heavy atom. The molecule has 5 nitrogen and oxygen atoms in total. The van der Waals surface area contributed by atoms with Gasteiger partial charge in [-0.2, -0.15) is 0 Å². The van der Waals surface area contributed by atoms with Crippen molar-refractivity contribution in [1.82, 2.24) is 10.3 Å². The average Bonchev–Trinajstić information content (AvgIpc) is 2.76. The summed E-state index contributed by atoms with van der Waals surface area (Å²) in [4.78, 5) is 16.4. The predicted molar refractivity (Wildman–Crippen MR) is 69.6 cm³/mol. The van der Waals surface area contributed by atoms with E-state index in [1.54, 1.807) is 31.5 Å². The number of oxazole rings is 1. The molecule has 6 heteroatoms. The van der Waals surface area contributed by atoms with Gasteiger partial charge in [0.15, 0.2) is 0 Å². The Kier molecular flexibility index (Phi) is 3.57. The van der Waals surface area contributed by atoms with Crippen LogP contribution in [-0.4, -0.2) is 17.9 Å². The molecule has 0 bridgehead atoms. The second-order valence-corrected chi connectivity index (χ2v) is 4.68. The molecule has 94 valence electrons. The molecule has 0 atom stereocenters. The Morgan fingerprint density at radius 2 is 2.28 bits per heavy atom. The van der Waals surface area contributed by atoms with Crippen LogP contribution in [0.1, 0.15) is 16.1 Å². The van der Waals surface area contributed by atoms with Crippen LogP contribution in [0, 0.1) is 6.92 Å². The second-order valence-electron chi connectivity index (χ2n) is 3.69. The quantitative estimate of drug-likeness (QED) is 0.828. The largest absolute Gasteiger partial charge is 0.439 e. The van der Waals surface area contributed by atoms with Gasteiger partial charge in [0.2, 0.25) is 0 Å². The van der Waals surface area contributed by atoms with Crippen LogP contribution >= 0.6 is 11.8 Å². The first kappa shape index (κ1) is 12.5. The predicted octanol–water partition coefficient (Wildman–Crippen LogP) is 2.08. The number of carbonyl (C=O) groups is 1. The summed E-state index contributed by atoms with van der Waals surface area (Å²) in [6.07, 6.45) is 1.58. The van der Waals surface area contributed by atoms with E-state index in [1.807, 2.05) is 6.92 Å². The highest BCUT2D eigenvalue weighted by Gasteiger charge is 2.10. The van der Waals surface area contributed by atoms with Crippen LogP contribution in [0.15, 0.2) is 39.0 Å². The summed E-state index contributed by atoms with van der Waals surface area (Å²) in [5.74, 6) is -0.162. The molecule has 0 saturated carbocycles. The smallest absolute Gasteiger partial charge is 0.260 e. The van der Waals surface area contributed by atoms with Gasteiger partial charge in [0, 0.05) is 23.2 Å². The monoisotopic (exact) mass is 263 g/mol. The van der Waals surface area contributed by atoms with Gasteiger partial charge in [0.05, 0.1) is 5.69 Å². The number of carbonyl (C=O) groups excluding carboxylic acids is 1. The third kappa shape index (κ3) is 2.65. The van der Waals surface area contributed by atoms with Crippen LogP contribution in [-0.2, 0) is 0 Å². The first-order valence-electron chi connectivity index (χ1n) is 5.31. The molecule has 1 heterocycles. The summed E-state index contributed by atoms with van der Waals surface area (Å²) >= 11 is 1.33. The number of aromatic nitrogens is 1. The number of hydrogen-bond acceptors (Lipinski definition) is 5. The van der Waals surface area contributed by atoms with E-state index in [4.69, 9.17) is 10.2 Å². The number of nitrogen functional groups attached to an aromatic ring is 1. The van der Waals surface area contributed by atoms with Crippen molar-refractivity contribution < 1.29 is 9.21 Å². The number of aryl methyl sites for hydroxylation is 1. The lowest BCUT2D eigenvalue weighted by molar-refractivity contribution is 0.0963. The van der Waals surface area contributed by atoms with Crippen molar-refractivity contribution in [3.8, 4) is 0 Å². The summed E-state index contributed by atoms with van der Waals surface area (Å²) in [7, 11) is 1.58. The Labute approximate surface area is 109 Å². The van der Waals surface area contributed by atoms with E-state index in [0.717, 1.165) is 10.6 Å². The maximum absolute atomic E-state index is 11.4. The van der Waals surface area contributed by atoms with Gasteiger partial charge in [-0.25, -0.2) is 4.98 Å². The first-order valence-corrected chi connectivity index (χ1v) is 6.13. The van der Waals surface area contributed by atoms with Gasteiger partial charge in [-0.1, -0.05) is 0 Å². The van der Waals surface area contributed by atoms with Gasteiger partial charge in [-0.05, 0) is 36.9 Å². The average molecular weight is 263 g/mol. The fraction of sp³-hybridized carbons (Fsp3) is 0.167. The number of anilines is 1. The van der Waals surface area contributed by atoms with Gasteiger partial charge < -0.3 is 15.5 Å². The second kappa shape index (κ2) is 5.14. The van der Waals surface area contributed by atoms with Crippen LogP contribution < -0.4 is 11.1 Å². The van der Waals surface area contributed by atoms with Crippen LogP contribution in [0.5, 0.6) is 0 Å². The van der Waals surface area contributed by atoms with Crippen molar-refractivity contribution in [2.75, 3.05) is 12.8 Å². The number of nitrogens with two attached hydrogens (primary N) is 1. The minimum absolute atomic E-state index is 0.162. The van der Waals surface area contributed by atoms with E-state index in [1.165, 1.54) is 11.8 Å². The van der Waals surface area contributed by atoms with Crippen LogP contribution in [0.4, 0.5) is 5.69 Å². The Bertz CT molecular complexity index is 580. The molecular formula is C12H13N3O2S. The van der Waals surface area contributed by atoms with Crippen LogP contribution in [0.25, 0.3) is 0 Å². The van der Waals surface area contributed by atoms with Crippen molar-refractivity contribution in [2.24, 2.45) is 0 Å². The van der Waals surface area contributed by atoms with Crippen molar-refractivity contribution in [2.45, 2.75) is 17.0 Å². The van der Waals surface area contributed by atoms with Gasteiger partial charge in [0.25, 0.3) is 11.1 Å². The van der Waals surface area contributed by atoms with Gasteiger partial charge in [-0.15, -0.1) is 0 Å². The standard InChI is InChI=1S/C12H13N3O2S/c1-7-6-17-12(15-7)18-10-4-3-8(5-9(10)13)11(16)14-2/h3-6H,13H2,1-2H3,(H,14,16). The molecule has 1 amide bonds. The van der Waals surface area contributed by atoms with E-state index in [-0.39, 0.29) is 5.91 Å². The highest BCUT2D eigenvalue weighted by molar-refractivity contribution is 7.99. The third-order valence-electron chi connectivity index (χ3n) is 2.29. The van der Waals surface area contributed by atoms with E-state index in [9.17, 15) is 4.79 Å². The maximum atomic E-state index is 11.4. The van der Waals surface area contributed by atoms with Crippen molar-refractivity contribution in [3.05, 3.63) is 35.7 Å². The van der Waals surface area contributed by atoms with Gasteiger partial charge in [0.1, 0.15) is 6.26 Å². The SMILES string of the molecule is CNC(=O)c1ccc(Sc2nc(C)co2)c(N)c1. The van der Waals surface area contributed by atoms with Crippen LogP contribution in [0.2, 0.25) is 0 Å². The van der Waals surface area contributed by atoms with E-state index in [2.05, 4.69) is 10.3 Å². The third-order valence-corrected chi connectivity index (χ3v) is 3.25. The number of nitrogens with one attached hydrogen (secondary N) is 1. The normalized spacial score (nSPS) is 10.3. The van der Waals surface area contributed by atoms with E-state index in [0.29, 0.717) is 16.5 Å². The molecule has 0 fully saturated rings. The highest BCUT2D eigenvalue weighted by atomic mass is 32.2. The Morgan fingerprint density at radius 1 is 1.50 bits per heavy atom. The zero-order valence-corrected chi connectivity index (χ0v) is 10.9. The number of hydrogen-bond donors (Lipinski definition) is 2. The highest BCUT2D eigenvalue weighted by Crippen LogP contribution is 2.31. The van der Waals surface area contributed by atoms with Crippen molar-refractivity contribution in [1.29, 1.82) is 0 Å². The fourth-order valence-electron chi connectivity index (χ4n) is 1.40. The molecule has 1 aromatic heterocycles. The molecule has 0 aliphatic rings. The summed E-state index contributed by atoms with van der Waals surface area (Å²) in [5.41, 5.74) is 7.77. The first-order chi connectivity index (χ1) is 8.60. The molecule has 0 saturated heterocycles. The number of amides is 1. The molecule has 2 rings (SSSR count). The van der Waals surface area contributed by atoms with Crippen molar-refractivity contribution in [3.63, 3.8) is 0 Å². The van der Waals surface area contributed by atoms with Crippen molar-refractivity contribution >= 4 is 23.4 Å². The van der Waals surface area contributed by atoms with Crippen LogP contribution in [0.3, 0.4) is 0 Å². The maximum Gasteiger partial charge on any atom is 0.260 e. The zero-order valence-electron chi connectivity index (χ0n) is 10.1. The minimum atomic E-state index is -0.162. The molecule has 18 heavy (non-hydrogen) atoms. The van der Waals surface area contributed by atoms with E-state index >= 15 is 0 Å². The molecule has 3 N–H and O–H groups in total. The zero-order chi connectivity index (χ0) is 13.1. The fourth-order valence-corrected chi connectivity index (χ4v) is 2.19. The summed E-state index contributed by atoms with van der Waals surface area (Å²) in [6.45, 7) is 1.85. The van der Waals surface area contributed by atoms with Gasteiger partial charge in [-0.3, -0.25) is 4.79 Å². The molecule has 0 radical (unpaired) electrons.